The second kappa shape index (κ2) is 61.7. The molecule has 28 heteroatoms. The molecule has 3 N–H and O–H groups in total. The number of thiophene rings is 4. The fourth-order valence-electron chi connectivity index (χ4n) is 18.2. The molecule has 12 rings (SSSR count). The van der Waals surface area contributed by atoms with Gasteiger partial charge in [-0.05, 0) is 320 Å². The molecule has 4 amide bonds. The highest BCUT2D eigenvalue weighted by Crippen LogP contribution is 2.45. The number of unbranched alkanes of at least 4 members (excludes halogenated alkanes) is 8. The van der Waals surface area contributed by atoms with E-state index in [9.17, 15) is 53.7 Å². The van der Waals surface area contributed by atoms with Crippen molar-refractivity contribution in [3.05, 3.63) is 207 Å². The Morgan fingerprint density at radius 1 is 0.347 bits per heavy atom. The Labute approximate surface area is 906 Å². The van der Waals surface area contributed by atoms with E-state index >= 15 is 0 Å². The van der Waals surface area contributed by atoms with Gasteiger partial charge in [0, 0.05) is 91.4 Å². The number of carbonyl (C=O) groups is 8. The number of halogens is 1. The molecule has 4 fully saturated rings. The lowest BCUT2D eigenvalue weighted by Gasteiger charge is -2.39. The van der Waals surface area contributed by atoms with Crippen molar-refractivity contribution < 1.29 is 81.5 Å². The molecule has 0 aliphatic carbocycles. The summed E-state index contributed by atoms with van der Waals surface area (Å²) in [5.41, 5.74) is 7.96. The zero-order chi connectivity index (χ0) is 108. The summed E-state index contributed by atoms with van der Waals surface area (Å²) in [4.78, 5) is 113. The van der Waals surface area contributed by atoms with Crippen molar-refractivity contribution in [3.63, 3.8) is 0 Å². The molecule has 8 heterocycles. The van der Waals surface area contributed by atoms with E-state index in [1.54, 1.807) is 11.0 Å². The smallest absolute Gasteiger partial charge is 0.348 e. The highest BCUT2D eigenvalue weighted by atomic mass is 79.9. The van der Waals surface area contributed by atoms with Crippen LogP contribution in [0, 0.1) is 0 Å². The molecule has 0 saturated carbocycles. The van der Waals surface area contributed by atoms with Gasteiger partial charge >= 0.3 is 23.9 Å². The summed E-state index contributed by atoms with van der Waals surface area (Å²) in [6.45, 7) is 46.6. The lowest BCUT2D eigenvalue weighted by atomic mass is 10.0. The van der Waals surface area contributed by atoms with Gasteiger partial charge in [0.2, 0.25) is 23.6 Å². The maximum Gasteiger partial charge on any atom is 0.348 e. The first-order valence-corrected chi connectivity index (χ1v) is 64.8. The molecule has 21 nitrogen and oxygen atoms in total. The summed E-state index contributed by atoms with van der Waals surface area (Å²) in [5, 5.41) is 31.5. The monoisotopic (exact) mass is 2200 g/mol. The van der Waals surface area contributed by atoms with Crippen LogP contribution in [0.3, 0.4) is 0 Å². The van der Waals surface area contributed by atoms with E-state index in [4.69, 9.17) is 27.8 Å². The fourth-order valence-corrected chi connectivity index (χ4v) is 24.9. The van der Waals surface area contributed by atoms with Gasteiger partial charge in [-0.3, -0.25) is 19.2 Å². The van der Waals surface area contributed by atoms with Gasteiger partial charge in [-0.15, -0.1) is 45.3 Å². The molecule has 0 bridgehead atoms. The Balaban J connectivity index is 0.000000231. The van der Waals surface area contributed by atoms with Crippen LogP contribution in [0.1, 0.15) is 422 Å². The zero-order valence-electron chi connectivity index (χ0n) is 92.4. The first-order valence-electron chi connectivity index (χ1n) is 54.6. The van der Waals surface area contributed by atoms with Crippen molar-refractivity contribution in [2.45, 2.75) is 451 Å². The first kappa shape index (κ1) is 124. The number of aliphatic hydroxyl groups is 3. The minimum absolute atomic E-state index is 0.0155. The van der Waals surface area contributed by atoms with E-state index in [0.29, 0.717) is 45.2 Å². The minimum Gasteiger partial charge on any atom is -0.459 e. The third kappa shape index (κ3) is 39.6. The highest BCUT2D eigenvalue weighted by Gasteiger charge is 2.43. The van der Waals surface area contributed by atoms with Gasteiger partial charge in [0.15, 0.2) is 16.6 Å². The maximum absolute atomic E-state index is 12.9. The molecule has 0 spiro atoms. The number of aliphatic hydroxyl groups excluding tert-OH is 3. The number of alkyl halides is 1. The highest BCUT2D eigenvalue weighted by molar-refractivity contribution is 9.08. The van der Waals surface area contributed by atoms with Crippen LogP contribution in [0.5, 0.6) is 0 Å². The number of aryl methyl sites for hydroxylation is 3. The van der Waals surface area contributed by atoms with E-state index in [-0.39, 0.29) is 125 Å². The number of hydrogen-bond acceptors (Lipinski definition) is 21. The van der Waals surface area contributed by atoms with Crippen molar-refractivity contribution in [1.29, 1.82) is 0 Å². The summed E-state index contributed by atoms with van der Waals surface area (Å²) >= 11 is 9.30. The van der Waals surface area contributed by atoms with Crippen LogP contribution >= 0.6 is 61.3 Å². The van der Waals surface area contributed by atoms with E-state index in [1.807, 2.05) is 173 Å². The second-order valence-electron chi connectivity index (χ2n) is 43.8. The van der Waals surface area contributed by atoms with E-state index in [0.717, 1.165) is 205 Å². The van der Waals surface area contributed by atoms with Crippen molar-refractivity contribution in [3.8, 4) is 0 Å². The molecule has 4 aliphatic heterocycles. The standard InChI is InChI=1S/C33H51NO4SSi.2C27H37NO4S.C23H39NO3Si.C9H11BrO2S/c1-9-10-11-15-29(38-40(7,8)33(4,5)6)25-16-18-27(19-17-25)34-26(20-23-31(34)35)13-12-14-28-21-22-30(39-28)32(36)37-24(2)3;2*1-4-5-6-10-24(29)20-11-13-22(14-12-20)28-21(15-18-26(28)30)8-7-9-23-16-17-25(33-23)27(31)32-19(2)3;1-7-8-9-10-21(27-28(5,6)23(2,3)4)18-11-13-19(14-12-18)24-20(17-25)15-16-22(24)26;1-6(2)12-9(11)8-4-3-7(5-10)13-8/h16-19,21-22,24,26,29H,9-15,20,23H2,1-8H3;2*11-14,16-17,19,21,24,29H,4-10,15,18H2,1-3H3;11-14,20-21,25H,7-10,15-17H2,1-6H3;3-4,6H,5H2,1-2H3/t26-,29-;2*21-,24-;20-,21+;/m0001./s1. The summed E-state index contributed by atoms with van der Waals surface area (Å²) in [6, 6.07) is 48.4. The molecule has 8 atom stereocenters. The number of amides is 4. The Kier molecular flexibility index (Phi) is 52.2. The summed E-state index contributed by atoms with van der Waals surface area (Å²) in [6.07, 6.45) is 30.3. The molecular weight excluding hydrogens is 2020 g/mol. The van der Waals surface area contributed by atoms with E-state index in [2.05, 4.69) is 148 Å². The van der Waals surface area contributed by atoms with Gasteiger partial charge in [-0.25, -0.2) is 19.2 Å². The van der Waals surface area contributed by atoms with Crippen LogP contribution in [0.4, 0.5) is 22.7 Å². The van der Waals surface area contributed by atoms with Crippen molar-refractivity contribution in [1.82, 2.24) is 0 Å². The minimum atomic E-state index is -1.92. The molecule has 8 aromatic rings. The van der Waals surface area contributed by atoms with Crippen LogP contribution in [0.15, 0.2) is 146 Å². The molecule has 0 unspecified atom stereocenters. The summed E-state index contributed by atoms with van der Waals surface area (Å²) in [5.74, 6) is -0.331. The normalized spacial score (nSPS) is 16.9. The number of rotatable bonds is 50. The lowest BCUT2D eigenvalue weighted by molar-refractivity contribution is -0.118. The third-order valence-corrected chi connectivity index (χ3v) is 42.7. The van der Waals surface area contributed by atoms with Crippen LogP contribution in [-0.4, -0.2) is 135 Å². The summed E-state index contributed by atoms with van der Waals surface area (Å²) in [7, 11) is -3.79. The Morgan fingerprint density at radius 3 is 0.823 bits per heavy atom. The second-order valence-corrected chi connectivity index (χ2v) is 58.6. The number of hydrogen-bond donors (Lipinski definition) is 3. The quantitative estimate of drug-likeness (QED) is 0.0105. The number of anilines is 4. The van der Waals surface area contributed by atoms with Crippen LogP contribution in [-0.2, 0) is 71.6 Å². The van der Waals surface area contributed by atoms with Gasteiger partial charge in [-0.2, -0.15) is 0 Å². The zero-order valence-corrected chi connectivity index (χ0v) is 99.2. The predicted molar refractivity (Wildman–Crippen MR) is 614 cm³/mol. The summed E-state index contributed by atoms with van der Waals surface area (Å²) < 4.78 is 34.6. The molecule has 812 valence electrons. The van der Waals surface area contributed by atoms with Gasteiger partial charge in [0.25, 0.3) is 0 Å². The third-order valence-electron chi connectivity index (χ3n) is 28.3. The fraction of sp³-hybridized carbons (Fsp3) is 0.597. The van der Waals surface area contributed by atoms with E-state index < -0.39 is 28.8 Å². The SMILES string of the molecule is CC(C)OC(=O)c1ccc(CBr)s1.CCCCC[C@H](O)c1ccc(N2C(=O)CC[C@@H]2CCCc2ccc(C(=O)OC(C)C)s2)cc1.CCCCC[C@H](O)c1ccc(N2C(=O)CC[C@@H]2CCCc2ccc(C(=O)OC(C)C)s2)cc1.CCCCC[C@H](O[Si](C)(C)C(C)(C)C)c1ccc(N2C(=O)CC[C@@H]2CCCc2ccc(C(=O)OC(C)C)s2)cc1.CCCCC[C@H](O[Si](C)(C)C(C)(C)C)c1ccc(N2C(=O)CC[C@@H]2CO)cc1. The topological polar surface area (TPSA) is 266 Å². The largest absolute Gasteiger partial charge is 0.459 e. The maximum atomic E-state index is 12.9. The molecule has 4 aromatic heterocycles. The van der Waals surface area contributed by atoms with Gasteiger partial charge < -0.3 is 62.7 Å². The molecule has 147 heavy (non-hydrogen) atoms. The Hall–Kier alpha value is -7.85. The number of carbonyl (C=O) groups excluding carboxylic acids is 8. The Morgan fingerprint density at radius 2 is 0.585 bits per heavy atom. The van der Waals surface area contributed by atoms with Crippen LogP contribution in [0.25, 0.3) is 0 Å². The molecular formula is C119H175BrN4O17S4Si2. The van der Waals surface area contributed by atoms with Gasteiger partial charge in [0.05, 0.1) is 61.5 Å². The van der Waals surface area contributed by atoms with E-state index in [1.165, 1.54) is 96.8 Å². The molecule has 4 saturated heterocycles. The lowest BCUT2D eigenvalue weighted by Crippen LogP contribution is -2.41. The van der Waals surface area contributed by atoms with Crippen molar-refractivity contribution in [2.24, 2.45) is 0 Å². The van der Waals surface area contributed by atoms with Gasteiger partial charge in [0.1, 0.15) is 19.5 Å². The average Bonchev–Trinajstić information content (AvgIpc) is 1.60. The molecule has 4 aromatic carbocycles. The predicted octanol–water partition coefficient (Wildman–Crippen LogP) is 31.4. The number of ether oxygens (including phenoxy) is 4. The Bertz CT molecular complexity index is 5160. The number of benzene rings is 4. The molecule has 4 aliphatic rings. The first-order chi connectivity index (χ1) is 69.8. The molecule has 0 radical (unpaired) electrons. The van der Waals surface area contributed by atoms with Gasteiger partial charge in [-0.1, -0.05) is 211 Å². The van der Waals surface area contributed by atoms with Crippen molar-refractivity contribution in [2.75, 3.05) is 26.2 Å². The number of nitrogens with zero attached hydrogens (tertiary/aromatic N) is 4. The number of esters is 4. The average molecular weight is 2200 g/mol. The van der Waals surface area contributed by atoms with Crippen LogP contribution < -0.4 is 19.6 Å². The van der Waals surface area contributed by atoms with Crippen molar-refractivity contribution >= 4 is 148 Å². The van der Waals surface area contributed by atoms with Crippen LogP contribution in [0.2, 0.25) is 36.3 Å².